The molecule has 0 aliphatic carbocycles. The van der Waals surface area contributed by atoms with Crippen molar-refractivity contribution >= 4 is 40.2 Å². The summed E-state index contributed by atoms with van der Waals surface area (Å²) in [6, 6.07) is 9.77. The summed E-state index contributed by atoms with van der Waals surface area (Å²) in [6.45, 7) is 5.69. The van der Waals surface area contributed by atoms with Gasteiger partial charge in [-0.2, -0.15) is 4.98 Å². The Hall–Kier alpha value is -3.90. The fraction of sp³-hybridized carbons (Fsp3) is 0.360. The lowest BCUT2D eigenvalue weighted by Crippen LogP contribution is -2.44. The number of carbonyl (C=O) groups excluding carboxylic acids is 1. The van der Waals surface area contributed by atoms with Crippen LogP contribution in [0.4, 0.5) is 27.9 Å². The average Bonchev–Trinajstić information content (AvgIpc) is 3.40. The van der Waals surface area contributed by atoms with Crippen molar-refractivity contribution in [3.05, 3.63) is 42.1 Å². The minimum absolute atomic E-state index is 0.167. The molecule has 2 aliphatic rings. The van der Waals surface area contributed by atoms with E-state index in [1.807, 2.05) is 12.1 Å². The van der Waals surface area contributed by atoms with Crippen molar-refractivity contribution in [3.63, 3.8) is 0 Å². The lowest BCUT2D eigenvalue weighted by molar-refractivity contribution is 0.222. The molecule has 34 heavy (non-hydrogen) atoms. The highest BCUT2D eigenvalue weighted by atomic mass is 16.2. The molecule has 2 saturated heterocycles. The number of pyridine rings is 1. The molecule has 2 fully saturated rings. The molecule has 0 bridgehead atoms. The SMILES string of the molecule is C#Cc1cc(NC(=O)N2CCCC2)nc2nc(Nc3ccc(N4CCN(C)CC4)cc3)ncc12. The van der Waals surface area contributed by atoms with Gasteiger partial charge in [0.1, 0.15) is 5.82 Å². The maximum absolute atomic E-state index is 12.5. The van der Waals surface area contributed by atoms with Gasteiger partial charge in [0.25, 0.3) is 0 Å². The van der Waals surface area contributed by atoms with E-state index in [-0.39, 0.29) is 6.03 Å². The van der Waals surface area contributed by atoms with E-state index in [9.17, 15) is 4.79 Å². The van der Waals surface area contributed by atoms with Gasteiger partial charge in [-0.15, -0.1) is 6.42 Å². The van der Waals surface area contributed by atoms with E-state index in [0.29, 0.717) is 28.4 Å². The zero-order valence-electron chi connectivity index (χ0n) is 19.3. The number of amides is 2. The number of terminal acetylenes is 1. The molecule has 3 aromatic rings. The Morgan fingerprint density at radius 3 is 2.47 bits per heavy atom. The van der Waals surface area contributed by atoms with Crippen molar-refractivity contribution in [2.75, 3.05) is 61.8 Å². The lowest BCUT2D eigenvalue weighted by Gasteiger charge is -2.34. The Morgan fingerprint density at radius 1 is 1.03 bits per heavy atom. The second-order valence-corrected chi connectivity index (χ2v) is 8.72. The molecule has 174 valence electrons. The fourth-order valence-electron chi connectivity index (χ4n) is 4.31. The van der Waals surface area contributed by atoms with Crippen molar-refractivity contribution in [1.82, 2.24) is 24.8 Å². The number of benzene rings is 1. The number of nitrogens with zero attached hydrogens (tertiary/aromatic N) is 6. The van der Waals surface area contributed by atoms with Crippen LogP contribution in [0.15, 0.2) is 36.5 Å². The van der Waals surface area contributed by atoms with Crippen LogP contribution in [-0.2, 0) is 0 Å². The molecule has 0 saturated carbocycles. The minimum Gasteiger partial charge on any atom is -0.369 e. The molecule has 9 heteroatoms. The molecule has 0 radical (unpaired) electrons. The van der Waals surface area contributed by atoms with E-state index in [4.69, 9.17) is 6.42 Å². The third-order valence-corrected chi connectivity index (χ3v) is 6.34. The van der Waals surface area contributed by atoms with Crippen molar-refractivity contribution < 1.29 is 4.79 Å². The second kappa shape index (κ2) is 9.53. The van der Waals surface area contributed by atoms with E-state index < -0.39 is 0 Å². The van der Waals surface area contributed by atoms with E-state index >= 15 is 0 Å². The van der Waals surface area contributed by atoms with Gasteiger partial charge in [0.05, 0.1) is 5.39 Å². The molecule has 4 heterocycles. The highest BCUT2D eigenvalue weighted by molar-refractivity contribution is 5.91. The molecule has 0 atom stereocenters. The van der Waals surface area contributed by atoms with Crippen molar-refractivity contribution in [3.8, 4) is 12.3 Å². The van der Waals surface area contributed by atoms with Crippen molar-refractivity contribution in [2.24, 2.45) is 0 Å². The highest BCUT2D eigenvalue weighted by Gasteiger charge is 2.19. The van der Waals surface area contributed by atoms with E-state index in [2.05, 4.69) is 60.5 Å². The van der Waals surface area contributed by atoms with Gasteiger partial charge in [0, 0.05) is 62.4 Å². The Bertz CT molecular complexity index is 1220. The summed E-state index contributed by atoms with van der Waals surface area (Å²) in [7, 11) is 2.15. The molecule has 2 aromatic heterocycles. The standard InChI is InChI=1S/C25H28N8O/c1-3-18-16-22(29-25(34)33-10-4-5-11-33)28-23-21(18)17-26-24(30-23)27-19-6-8-20(9-7-19)32-14-12-31(2)13-15-32/h1,6-9,16-17H,4-5,10-15H2,2H3,(H2,26,27,28,29,30,34). The van der Waals surface area contributed by atoms with Crippen molar-refractivity contribution in [2.45, 2.75) is 12.8 Å². The van der Waals surface area contributed by atoms with Crippen LogP contribution < -0.4 is 15.5 Å². The monoisotopic (exact) mass is 456 g/mol. The van der Waals surface area contributed by atoms with E-state index in [1.54, 1.807) is 17.2 Å². The number of likely N-dealkylation sites (tertiary alicyclic amines) is 1. The Morgan fingerprint density at radius 2 is 1.76 bits per heavy atom. The van der Waals surface area contributed by atoms with Crippen LogP contribution >= 0.6 is 0 Å². The summed E-state index contributed by atoms with van der Waals surface area (Å²) in [5.41, 5.74) is 3.10. The minimum atomic E-state index is -0.167. The molecule has 9 nitrogen and oxygen atoms in total. The summed E-state index contributed by atoms with van der Waals surface area (Å²) in [5.74, 6) is 3.45. The third-order valence-electron chi connectivity index (χ3n) is 6.34. The van der Waals surface area contributed by atoms with Crippen LogP contribution in [-0.4, -0.2) is 77.1 Å². The van der Waals surface area contributed by atoms with Crippen LogP contribution in [0.3, 0.4) is 0 Å². The van der Waals surface area contributed by atoms with Crippen LogP contribution in [0.2, 0.25) is 0 Å². The predicted octanol–water partition coefficient (Wildman–Crippen LogP) is 3.13. The topological polar surface area (TPSA) is 89.5 Å². The van der Waals surface area contributed by atoms with Crippen LogP contribution in [0.1, 0.15) is 18.4 Å². The Kier molecular flexibility index (Phi) is 6.14. The molecule has 2 aliphatic heterocycles. The molecule has 1 aromatic carbocycles. The van der Waals surface area contributed by atoms with Gasteiger partial charge in [-0.3, -0.25) is 5.32 Å². The molecule has 2 N–H and O–H groups in total. The normalized spacial score (nSPS) is 16.5. The van der Waals surface area contributed by atoms with Gasteiger partial charge in [0.15, 0.2) is 5.65 Å². The number of aromatic nitrogens is 3. The first kappa shape index (κ1) is 21.9. The fourth-order valence-corrected chi connectivity index (χ4v) is 4.31. The van der Waals surface area contributed by atoms with Gasteiger partial charge in [-0.05, 0) is 50.2 Å². The summed E-state index contributed by atoms with van der Waals surface area (Å²) >= 11 is 0. The summed E-state index contributed by atoms with van der Waals surface area (Å²) in [5, 5.41) is 6.76. The van der Waals surface area contributed by atoms with Crippen LogP contribution in [0.25, 0.3) is 11.0 Å². The van der Waals surface area contributed by atoms with Crippen LogP contribution in [0, 0.1) is 12.3 Å². The number of anilines is 4. The molecule has 0 spiro atoms. The van der Waals surface area contributed by atoms with Gasteiger partial charge < -0.3 is 20.0 Å². The van der Waals surface area contributed by atoms with Crippen molar-refractivity contribution in [1.29, 1.82) is 0 Å². The molecular weight excluding hydrogens is 428 g/mol. The van der Waals surface area contributed by atoms with Gasteiger partial charge in [-0.1, -0.05) is 5.92 Å². The summed E-state index contributed by atoms with van der Waals surface area (Å²) in [6.07, 6.45) is 9.41. The average molecular weight is 457 g/mol. The van der Waals surface area contributed by atoms with Gasteiger partial charge >= 0.3 is 6.03 Å². The zero-order chi connectivity index (χ0) is 23.5. The Balaban J connectivity index is 1.33. The molecule has 2 amide bonds. The molecule has 0 unspecified atom stereocenters. The van der Waals surface area contributed by atoms with E-state index in [0.717, 1.165) is 57.8 Å². The number of carbonyl (C=O) groups is 1. The summed E-state index contributed by atoms with van der Waals surface area (Å²) < 4.78 is 0. The first-order chi connectivity index (χ1) is 16.6. The number of nitrogens with one attached hydrogen (secondary N) is 2. The lowest BCUT2D eigenvalue weighted by atomic mass is 10.2. The number of rotatable bonds is 4. The predicted molar refractivity (Wildman–Crippen MR) is 135 cm³/mol. The van der Waals surface area contributed by atoms with Gasteiger partial charge in [-0.25, -0.2) is 14.8 Å². The quantitative estimate of drug-likeness (QED) is 0.583. The highest BCUT2D eigenvalue weighted by Crippen LogP contribution is 2.23. The second-order valence-electron chi connectivity index (χ2n) is 8.72. The largest absolute Gasteiger partial charge is 0.369 e. The first-order valence-electron chi connectivity index (χ1n) is 11.6. The number of likely N-dealkylation sites (N-methyl/N-ethyl adjacent to an activating group) is 1. The summed E-state index contributed by atoms with van der Waals surface area (Å²) in [4.78, 5) is 32.5. The number of urea groups is 1. The molecule has 5 rings (SSSR count). The number of fused-ring (bicyclic) bond motifs is 1. The zero-order valence-corrected chi connectivity index (χ0v) is 19.3. The number of piperazine rings is 1. The first-order valence-corrected chi connectivity index (χ1v) is 11.6. The maximum Gasteiger partial charge on any atom is 0.323 e. The van der Waals surface area contributed by atoms with Gasteiger partial charge in [0.2, 0.25) is 5.95 Å². The Labute approximate surface area is 199 Å². The van der Waals surface area contributed by atoms with E-state index in [1.165, 1.54) is 5.69 Å². The number of hydrogen-bond donors (Lipinski definition) is 2. The molecular formula is C25H28N8O. The number of hydrogen-bond acceptors (Lipinski definition) is 7. The maximum atomic E-state index is 12.5. The smallest absolute Gasteiger partial charge is 0.323 e. The van der Waals surface area contributed by atoms with Crippen LogP contribution in [0.5, 0.6) is 0 Å². The third kappa shape index (κ3) is 4.72.